The molecule has 1 aromatic carbocycles. The highest BCUT2D eigenvalue weighted by molar-refractivity contribution is 5.17. The van der Waals surface area contributed by atoms with E-state index in [1.54, 1.807) is 6.07 Å². The van der Waals surface area contributed by atoms with Crippen molar-refractivity contribution >= 4 is 0 Å². The summed E-state index contributed by atoms with van der Waals surface area (Å²) in [5.74, 6) is -0.544. The van der Waals surface area contributed by atoms with Gasteiger partial charge in [-0.15, -0.1) is 0 Å². The first-order valence-corrected chi connectivity index (χ1v) is 5.06. The van der Waals surface area contributed by atoms with Crippen LogP contribution in [0.2, 0.25) is 0 Å². The Morgan fingerprint density at radius 3 is 2.35 bits per heavy atom. The molecule has 0 bridgehead atoms. The lowest BCUT2D eigenvalue weighted by Gasteiger charge is -2.22. The van der Waals surface area contributed by atoms with Gasteiger partial charge in [0.25, 0.3) is 0 Å². The van der Waals surface area contributed by atoms with Gasteiger partial charge >= 0.3 is 6.18 Å². The van der Waals surface area contributed by atoms with E-state index in [2.05, 4.69) is 0 Å². The van der Waals surface area contributed by atoms with Crippen molar-refractivity contribution < 1.29 is 22.7 Å². The van der Waals surface area contributed by atoms with E-state index in [4.69, 9.17) is 5.11 Å². The zero-order chi connectivity index (χ0) is 12.9. The Morgan fingerprint density at radius 2 is 1.82 bits per heavy atom. The fourth-order valence-corrected chi connectivity index (χ4v) is 1.48. The molecule has 0 radical (unpaired) electrons. The number of halogens is 4. The summed E-state index contributed by atoms with van der Waals surface area (Å²) in [4.78, 5) is 0.957. The molecule has 17 heavy (non-hydrogen) atoms. The number of hydrogen-bond acceptors (Lipinski definition) is 2. The van der Waals surface area contributed by atoms with Crippen LogP contribution in [0.3, 0.4) is 0 Å². The molecule has 6 heteroatoms. The minimum atomic E-state index is -4.36. The molecule has 1 N–H and O–H groups in total. The summed E-state index contributed by atoms with van der Waals surface area (Å²) in [6.07, 6.45) is -4.36. The van der Waals surface area contributed by atoms with E-state index in [1.807, 2.05) is 0 Å². The largest absolute Gasteiger partial charge is 0.401 e. The number of aliphatic hydroxyl groups excluding tert-OH is 1. The molecule has 0 aliphatic heterocycles. The van der Waals surface area contributed by atoms with Gasteiger partial charge < -0.3 is 5.11 Å². The summed E-state index contributed by atoms with van der Waals surface area (Å²) in [5, 5.41) is 8.68. The summed E-state index contributed by atoms with van der Waals surface area (Å²) in [7, 11) is 0. The van der Waals surface area contributed by atoms with Crippen LogP contribution in [0.5, 0.6) is 0 Å². The van der Waals surface area contributed by atoms with Crippen LogP contribution in [0.25, 0.3) is 0 Å². The summed E-state index contributed by atoms with van der Waals surface area (Å²) in [5.41, 5.74) is 0.185. The predicted octanol–water partition coefficient (Wildman–Crippen LogP) is 2.18. The first kappa shape index (κ1) is 13.9. The second-order valence-electron chi connectivity index (χ2n) is 3.64. The second-order valence-corrected chi connectivity index (χ2v) is 3.64. The average Bonchev–Trinajstić information content (AvgIpc) is 2.19. The van der Waals surface area contributed by atoms with Crippen molar-refractivity contribution in [3.8, 4) is 0 Å². The molecule has 0 saturated carbocycles. The fourth-order valence-electron chi connectivity index (χ4n) is 1.48. The molecule has 0 spiro atoms. The number of alkyl halides is 3. The van der Waals surface area contributed by atoms with Crippen LogP contribution in [-0.2, 0) is 6.54 Å². The molecule has 96 valence electrons. The fraction of sp³-hybridized carbons (Fsp3) is 0.455. The third-order valence-electron chi connectivity index (χ3n) is 2.17. The number of benzene rings is 1. The van der Waals surface area contributed by atoms with E-state index >= 15 is 0 Å². The molecule has 0 heterocycles. The van der Waals surface area contributed by atoms with Gasteiger partial charge in [0.15, 0.2) is 0 Å². The number of nitrogens with zero attached hydrogens (tertiary/aromatic N) is 1. The molecule has 0 aliphatic carbocycles. The van der Waals surface area contributed by atoms with Crippen molar-refractivity contribution in [2.75, 3.05) is 19.7 Å². The van der Waals surface area contributed by atoms with Gasteiger partial charge in [0.1, 0.15) is 5.82 Å². The Hall–Kier alpha value is -1.14. The lowest BCUT2D eigenvalue weighted by Crippen LogP contribution is -2.35. The third-order valence-corrected chi connectivity index (χ3v) is 2.17. The van der Waals surface area contributed by atoms with E-state index < -0.39 is 25.1 Å². The van der Waals surface area contributed by atoms with Crippen molar-refractivity contribution in [1.29, 1.82) is 0 Å². The van der Waals surface area contributed by atoms with Gasteiger partial charge in [-0.2, -0.15) is 13.2 Å². The van der Waals surface area contributed by atoms with Crippen molar-refractivity contribution in [3.63, 3.8) is 0 Å². The van der Waals surface area contributed by atoms with Crippen molar-refractivity contribution in [3.05, 3.63) is 35.6 Å². The lowest BCUT2D eigenvalue weighted by atomic mass is 10.2. The first-order valence-electron chi connectivity index (χ1n) is 5.06. The average molecular weight is 251 g/mol. The topological polar surface area (TPSA) is 23.5 Å². The summed E-state index contributed by atoms with van der Waals surface area (Å²) in [6, 6.07) is 5.65. The predicted molar refractivity (Wildman–Crippen MR) is 54.8 cm³/mol. The molecular formula is C11H13F4NO. The number of aliphatic hydroxyl groups is 1. The van der Waals surface area contributed by atoms with Gasteiger partial charge in [-0.3, -0.25) is 4.90 Å². The SMILES string of the molecule is OCCN(Cc1ccccc1F)CC(F)(F)F. The maximum Gasteiger partial charge on any atom is 0.401 e. The molecule has 2 nitrogen and oxygen atoms in total. The second kappa shape index (κ2) is 5.97. The highest BCUT2D eigenvalue weighted by atomic mass is 19.4. The van der Waals surface area contributed by atoms with Crippen molar-refractivity contribution in [2.45, 2.75) is 12.7 Å². The highest BCUT2D eigenvalue weighted by Gasteiger charge is 2.30. The maximum atomic E-state index is 13.3. The van der Waals surface area contributed by atoms with Crippen LogP contribution in [0, 0.1) is 5.82 Å². The molecular weight excluding hydrogens is 238 g/mol. The maximum absolute atomic E-state index is 13.3. The normalized spacial score (nSPS) is 12.1. The van der Waals surface area contributed by atoms with Gasteiger partial charge in [-0.05, 0) is 6.07 Å². The molecule has 0 unspecified atom stereocenters. The van der Waals surface area contributed by atoms with E-state index in [0.29, 0.717) is 0 Å². The quantitative estimate of drug-likeness (QED) is 0.811. The lowest BCUT2D eigenvalue weighted by molar-refractivity contribution is -0.148. The van der Waals surface area contributed by atoms with E-state index in [9.17, 15) is 17.6 Å². The van der Waals surface area contributed by atoms with Crippen LogP contribution >= 0.6 is 0 Å². The smallest absolute Gasteiger partial charge is 0.395 e. The van der Waals surface area contributed by atoms with Crippen molar-refractivity contribution in [2.24, 2.45) is 0 Å². The van der Waals surface area contributed by atoms with Gasteiger partial charge in [0.2, 0.25) is 0 Å². The van der Waals surface area contributed by atoms with Crippen LogP contribution in [0.15, 0.2) is 24.3 Å². The first-order chi connectivity index (χ1) is 7.92. The zero-order valence-electron chi connectivity index (χ0n) is 9.04. The monoisotopic (exact) mass is 251 g/mol. The van der Waals surface area contributed by atoms with Gasteiger partial charge in [-0.1, -0.05) is 18.2 Å². The molecule has 1 rings (SSSR count). The minimum Gasteiger partial charge on any atom is -0.395 e. The van der Waals surface area contributed by atoms with Crippen molar-refractivity contribution in [1.82, 2.24) is 4.90 Å². The van der Waals surface area contributed by atoms with Crippen LogP contribution in [0.4, 0.5) is 17.6 Å². The Bertz CT molecular complexity index is 354. The molecule has 0 atom stereocenters. The summed E-state index contributed by atoms with van der Waals surface area (Å²) in [6.45, 7) is -1.88. The molecule has 0 amide bonds. The zero-order valence-corrected chi connectivity index (χ0v) is 9.04. The molecule has 0 aromatic heterocycles. The molecule has 0 aliphatic rings. The van der Waals surface area contributed by atoms with Gasteiger partial charge in [0, 0.05) is 18.7 Å². The van der Waals surface area contributed by atoms with Gasteiger partial charge in [0.05, 0.1) is 13.2 Å². The molecule has 0 saturated heterocycles. The van der Waals surface area contributed by atoms with Crippen LogP contribution in [-0.4, -0.2) is 35.9 Å². The number of rotatable bonds is 5. The third kappa shape index (κ3) is 5.14. The minimum absolute atomic E-state index is 0.145. The van der Waals surface area contributed by atoms with E-state index in [-0.39, 0.29) is 18.7 Å². The van der Waals surface area contributed by atoms with E-state index in [0.717, 1.165) is 4.90 Å². The molecule has 0 fully saturated rings. The Kier molecular flexibility index (Phi) is 4.89. The Labute approximate surface area is 96.5 Å². The van der Waals surface area contributed by atoms with Crippen LogP contribution < -0.4 is 0 Å². The van der Waals surface area contributed by atoms with Gasteiger partial charge in [-0.25, -0.2) is 4.39 Å². The summed E-state index contributed by atoms with van der Waals surface area (Å²) >= 11 is 0. The Balaban J connectivity index is 2.70. The Morgan fingerprint density at radius 1 is 1.18 bits per heavy atom. The summed E-state index contributed by atoms with van der Waals surface area (Å²) < 4.78 is 49.9. The van der Waals surface area contributed by atoms with Crippen LogP contribution in [0.1, 0.15) is 5.56 Å². The van der Waals surface area contributed by atoms with E-state index in [1.165, 1.54) is 18.2 Å². The highest BCUT2D eigenvalue weighted by Crippen LogP contribution is 2.18. The molecule has 1 aromatic rings. The standard InChI is InChI=1S/C11H13F4NO/c12-10-4-2-1-3-9(10)7-16(5-6-17)8-11(13,14)15/h1-4,17H,5-8H2. The number of hydrogen-bond donors (Lipinski definition) is 1.